The molecule has 1 N–H and O–H groups in total. The summed E-state index contributed by atoms with van der Waals surface area (Å²) in [6.07, 6.45) is -0.527. The molecule has 4 heteroatoms. The summed E-state index contributed by atoms with van der Waals surface area (Å²) in [7, 11) is 0. The predicted molar refractivity (Wildman–Crippen MR) is 83.7 cm³/mol. The van der Waals surface area contributed by atoms with Crippen molar-refractivity contribution in [3.05, 3.63) is 71.8 Å². The quantitative estimate of drug-likeness (QED) is 0.881. The molecule has 2 heterocycles. The van der Waals surface area contributed by atoms with Crippen LogP contribution >= 0.6 is 0 Å². The first-order valence-corrected chi connectivity index (χ1v) is 7.44. The third-order valence-corrected chi connectivity index (χ3v) is 4.16. The van der Waals surface area contributed by atoms with E-state index < -0.39 is 6.10 Å². The van der Waals surface area contributed by atoms with Crippen LogP contribution in [-0.2, 0) is 9.53 Å². The fraction of sp³-hybridized carbons (Fsp3) is 0.222. The SMILES string of the molecule is O=C(C1=NNC[C@@H]1c1ccccc1)[C@@H]1O[C@H]1c1ccccc1. The minimum atomic E-state index is -0.396. The van der Waals surface area contributed by atoms with E-state index in [1.54, 1.807) is 0 Å². The molecule has 0 aliphatic carbocycles. The highest BCUT2D eigenvalue weighted by atomic mass is 16.6. The van der Waals surface area contributed by atoms with Gasteiger partial charge in [0, 0.05) is 6.54 Å². The van der Waals surface area contributed by atoms with Gasteiger partial charge in [-0.2, -0.15) is 5.10 Å². The molecule has 0 aromatic heterocycles. The van der Waals surface area contributed by atoms with Crippen LogP contribution in [-0.4, -0.2) is 24.1 Å². The van der Waals surface area contributed by atoms with E-state index in [2.05, 4.69) is 10.5 Å². The number of carbonyl (C=O) groups excluding carboxylic acids is 1. The second kappa shape index (κ2) is 5.39. The van der Waals surface area contributed by atoms with Crippen molar-refractivity contribution in [1.29, 1.82) is 0 Å². The number of ketones is 1. The van der Waals surface area contributed by atoms with Crippen molar-refractivity contribution in [2.45, 2.75) is 18.1 Å². The highest BCUT2D eigenvalue weighted by Gasteiger charge is 2.49. The van der Waals surface area contributed by atoms with Gasteiger partial charge in [0.2, 0.25) is 5.78 Å². The second-order valence-electron chi connectivity index (χ2n) is 5.57. The average molecular weight is 292 g/mol. The Kier molecular flexibility index (Phi) is 3.24. The van der Waals surface area contributed by atoms with Gasteiger partial charge < -0.3 is 10.2 Å². The van der Waals surface area contributed by atoms with E-state index in [0.717, 1.165) is 11.1 Å². The van der Waals surface area contributed by atoms with Crippen LogP contribution < -0.4 is 5.43 Å². The number of carbonyl (C=O) groups is 1. The maximum Gasteiger partial charge on any atom is 0.211 e. The van der Waals surface area contributed by atoms with Crippen molar-refractivity contribution < 1.29 is 9.53 Å². The summed E-state index contributed by atoms with van der Waals surface area (Å²) >= 11 is 0. The maximum absolute atomic E-state index is 12.7. The van der Waals surface area contributed by atoms with Gasteiger partial charge in [0.1, 0.15) is 11.8 Å². The van der Waals surface area contributed by atoms with Crippen molar-refractivity contribution in [3.8, 4) is 0 Å². The lowest BCUT2D eigenvalue weighted by molar-refractivity contribution is -0.114. The van der Waals surface area contributed by atoms with Crippen LogP contribution in [0.1, 0.15) is 23.1 Å². The molecule has 2 aromatic rings. The Morgan fingerprint density at radius 2 is 1.64 bits per heavy atom. The fourth-order valence-electron chi connectivity index (χ4n) is 2.94. The number of hydrogen-bond donors (Lipinski definition) is 1. The summed E-state index contributed by atoms with van der Waals surface area (Å²) in [4.78, 5) is 12.7. The zero-order chi connectivity index (χ0) is 14.9. The Morgan fingerprint density at radius 1 is 1.00 bits per heavy atom. The minimum absolute atomic E-state index is 0.00675. The van der Waals surface area contributed by atoms with Crippen LogP contribution in [0.4, 0.5) is 0 Å². The van der Waals surface area contributed by atoms with Crippen LogP contribution in [0.2, 0.25) is 0 Å². The van der Waals surface area contributed by atoms with Gasteiger partial charge in [-0.25, -0.2) is 0 Å². The Labute approximate surface area is 128 Å². The van der Waals surface area contributed by atoms with Gasteiger partial charge >= 0.3 is 0 Å². The monoisotopic (exact) mass is 292 g/mol. The summed E-state index contributed by atoms with van der Waals surface area (Å²) in [5.41, 5.74) is 5.68. The largest absolute Gasteiger partial charge is 0.356 e. The van der Waals surface area contributed by atoms with Gasteiger partial charge in [-0.05, 0) is 11.1 Å². The van der Waals surface area contributed by atoms with Crippen molar-refractivity contribution in [3.63, 3.8) is 0 Å². The van der Waals surface area contributed by atoms with Crippen LogP contribution in [0.5, 0.6) is 0 Å². The number of hydrazone groups is 1. The number of hydrogen-bond acceptors (Lipinski definition) is 4. The van der Waals surface area contributed by atoms with Crippen molar-refractivity contribution in [2.75, 3.05) is 6.54 Å². The van der Waals surface area contributed by atoms with Crippen LogP contribution in [0.25, 0.3) is 0 Å². The smallest absolute Gasteiger partial charge is 0.211 e. The van der Waals surface area contributed by atoms with E-state index in [1.807, 2.05) is 60.7 Å². The fourth-order valence-corrected chi connectivity index (χ4v) is 2.94. The van der Waals surface area contributed by atoms with Crippen LogP contribution in [0, 0.1) is 0 Å². The zero-order valence-corrected chi connectivity index (χ0v) is 12.0. The van der Waals surface area contributed by atoms with Crippen molar-refractivity contribution in [1.82, 2.24) is 5.43 Å². The van der Waals surface area contributed by atoms with E-state index in [1.165, 1.54) is 0 Å². The zero-order valence-electron chi connectivity index (χ0n) is 12.0. The number of rotatable bonds is 4. The van der Waals surface area contributed by atoms with Gasteiger partial charge in [-0.3, -0.25) is 4.79 Å². The molecule has 4 nitrogen and oxygen atoms in total. The first kappa shape index (κ1) is 13.2. The number of ether oxygens (including phenoxy) is 1. The molecule has 4 rings (SSSR count). The lowest BCUT2D eigenvalue weighted by atomic mass is 9.91. The Hall–Kier alpha value is -2.46. The highest BCUT2D eigenvalue weighted by molar-refractivity contribution is 6.44. The number of benzene rings is 2. The summed E-state index contributed by atoms with van der Waals surface area (Å²) in [6, 6.07) is 19.8. The van der Waals surface area contributed by atoms with Gasteiger partial charge in [0.25, 0.3) is 0 Å². The standard InChI is InChI=1S/C18H16N2O2/c21-16(18-17(22-18)13-9-5-2-6-10-13)15-14(11-19-20-15)12-7-3-1-4-8-12/h1-10,14,17-19H,11H2/t14-,17+,18+/m1/s1. The first-order valence-electron chi connectivity index (χ1n) is 7.44. The van der Waals surface area contributed by atoms with Gasteiger partial charge in [0.05, 0.1) is 5.92 Å². The molecular formula is C18H16N2O2. The lowest BCUT2D eigenvalue weighted by Gasteiger charge is -2.10. The average Bonchev–Trinajstić information content (AvgIpc) is 3.24. The molecule has 0 radical (unpaired) electrons. The first-order chi connectivity index (χ1) is 10.8. The van der Waals surface area contributed by atoms with Crippen LogP contribution in [0.15, 0.2) is 65.8 Å². The molecule has 0 spiro atoms. The molecule has 1 saturated heterocycles. The van der Waals surface area contributed by atoms with Crippen molar-refractivity contribution in [2.24, 2.45) is 5.10 Å². The van der Waals surface area contributed by atoms with E-state index in [-0.39, 0.29) is 17.8 Å². The van der Waals surface area contributed by atoms with Gasteiger partial charge in [-0.1, -0.05) is 60.7 Å². The highest BCUT2D eigenvalue weighted by Crippen LogP contribution is 2.40. The molecule has 0 amide bonds. The molecule has 0 saturated carbocycles. The van der Waals surface area contributed by atoms with Crippen molar-refractivity contribution >= 4 is 11.5 Å². The number of epoxide rings is 1. The molecule has 0 bridgehead atoms. The third-order valence-electron chi connectivity index (χ3n) is 4.16. The molecule has 110 valence electrons. The second-order valence-corrected chi connectivity index (χ2v) is 5.57. The lowest BCUT2D eigenvalue weighted by Crippen LogP contribution is -2.25. The summed E-state index contributed by atoms with van der Waals surface area (Å²) in [6.45, 7) is 0.661. The topological polar surface area (TPSA) is 54.0 Å². The molecule has 22 heavy (non-hydrogen) atoms. The molecular weight excluding hydrogens is 276 g/mol. The normalized spacial score (nSPS) is 26.2. The molecule has 3 atom stereocenters. The molecule has 1 fully saturated rings. The number of Topliss-reactive ketones (excluding diaryl/α,β-unsaturated/α-hetero) is 1. The molecule has 2 aromatic carbocycles. The van der Waals surface area contributed by atoms with E-state index in [0.29, 0.717) is 12.3 Å². The maximum atomic E-state index is 12.7. The van der Waals surface area contributed by atoms with Gasteiger partial charge in [0.15, 0.2) is 6.10 Å². The molecule has 0 unspecified atom stereocenters. The minimum Gasteiger partial charge on any atom is -0.356 e. The number of nitrogens with one attached hydrogen (secondary N) is 1. The Balaban J connectivity index is 1.52. The third kappa shape index (κ3) is 2.31. The van der Waals surface area contributed by atoms with E-state index >= 15 is 0 Å². The molecule has 2 aliphatic heterocycles. The summed E-state index contributed by atoms with van der Waals surface area (Å²) in [5, 5.41) is 4.22. The molecule has 2 aliphatic rings. The Morgan fingerprint density at radius 3 is 2.32 bits per heavy atom. The number of nitrogens with zero attached hydrogens (tertiary/aromatic N) is 1. The van der Waals surface area contributed by atoms with E-state index in [4.69, 9.17) is 4.74 Å². The van der Waals surface area contributed by atoms with E-state index in [9.17, 15) is 4.79 Å². The van der Waals surface area contributed by atoms with Crippen LogP contribution in [0.3, 0.4) is 0 Å². The van der Waals surface area contributed by atoms with Gasteiger partial charge in [-0.15, -0.1) is 0 Å². The summed E-state index contributed by atoms with van der Waals surface area (Å²) < 4.78 is 5.60. The Bertz CT molecular complexity index is 712. The summed E-state index contributed by atoms with van der Waals surface area (Å²) in [5.74, 6) is 0.00188. The predicted octanol–water partition coefficient (Wildman–Crippen LogP) is 2.44.